The van der Waals surface area contributed by atoms with Gasteiger partial charge in [-0.15, -0.1) is 0 Å². The molecule has 0 saturated carbocycles. The Balaban J connectivity index is 1.14. The number of rotatable bonds is 4. The smallest absolute Gasteiger partial charge is 0.164 e. The molecule has 49 heavy (non-hydrogen) atoms. The van der Waals surface area contributed by atoms with E-state index < -0.39 is 0 Å². The second kappa shape index (κ2) is 11.0. The number of hydrogen-bond acceptors (Lipinski definition) is 4. The van der Waals surface area contributed by atoms with E-state index in [0.29, 0.717) is 17.5 Å². The van der Waals surface area contributed by atoms with Gasteiger partial charge in [-0.2, -0.15) is 0 Å². The van der Waals surface area contributed by atoms with Crippen molar-refractivity contribution in [1.82, 2.24) is 15.0 Å². The van der Waals surface area contributed by atoms with E-state index in [0.717, 1.165) is 55.1 Å². The Hall–Kier alpha value is -6.65. The number of nitrogens with zero attached hydrogens (tertiary/aromatic N) is 3. The van der Waals surface area contributed by atoms with Gasteiger partial charge in [0.2, 0.25) is 0 Å². The molecule has 2 heterocycles. The van der Waals surface area contributed by atoms with Crippen molar-refractivity contribution in [2.24, 2.45) is 0 Å². The molecule has 0 radical (unpaired) electrons. The molecule has 228 valence electrons. The van der Waals surface area contributed by atoms with Crippen LogP contribution in [-0.2, 0) is 0 Å². The van der Waals surface area contributed by atoms with Crippen LogP contribution in [0.5, 0.6) is 0 Å². The quantitative estimate of drug-likeness (QED) is 0.183. The summed E-state index contributed by atoms with van der Waals surface area (Å²) in [5.41, 5.74) is 6.86. The summed E-state index contributed by atoms with van der Waals surface area (Å²) >= 11 is 0. The van der Waals surface area contributed by atoms with Crippen LogP contribution < -0.4 is 0 Å². The van der Waals surface area contributed by atoms with Gasteiger partial charge in [-0.05, 0) is 68.4 Å². The summed E-state index contributed by atoms with van der Waals surface area (Å²) < 4.78 is 6.27. The van der Waals surface area contributed by atoms with Gasteiger partial charge in [0.15, 0.2) is 17.5 Å². The van der Waals surface area contributed by atoms with Crippen LogP contribution in [0.3, 0.4) is 0 Å². The minimum absolute atomic E-state index is 0.636. The maximum atomic E-state index is 6.27. The third-order valence-corrected chi connectivity index (χ3v) is 9.47. The summed E-state index contributed by atoms with van der Waals surface area (Å²) in [6.45, 7) is 0. The van der Waals surface area contributed by atoms with Crippen molar-refractivity contribution in [3.63, 3.8) is 0 Å². The highest BCUT2D eigenvalue weighted by Gasteiger charge is 2.16. The molecule has 10 rings (SSSR count). The number of aromatic nitrogens is 3. The summed E-state index contributed by atoms with van der Waals surface area (Å²) in [7, 11) is 0. The Morgan fingerprint density at radius 3 is 1.78 bits per heavy atom. The van der Waals surface area contributed by atoms with Gasteiger partial charge in [-0.25, -0.2) is 15.0 Å². The van der Waals surface area contributed by atoms with Gasteiger partial charge in [0.1, 0.15) is 11.2 Å². The van der Waals surface area contributed by atoms with E-state index >= 15 is 0 Å². The van der Waals surface area contributed by atoms with E-state index in [9.17, 15) is 0 Å². The number of para-hydroxylation sites is 1. The Morgan fingerprint density at radius 2 is 0.898 bits per heavy atom. The maximum Gasteiger partial charge on any atom is 0.164 e. The topological polar surface area (TPSA) is 51.8 Å². The molecule has 10 aromatic rings. The molecule has 4 nitrogen and oxygen atoms in total. The molecule has 0 atom stereocenters. The van der Waals surface area contributed by atoms with E-state index in [-0.39, 0.29) is 0 Å². The summed E-state index contributed by atoms with van der Waals surface area (Å²) in [5, 5.41) is 9.41. The highest BCUT2D eigenvalue weighted by atomic mass is 16.3. The van der Waals surface area contributed by atoms with E-state index in [4.69, 9.17) is 19.4 Å². The van der Waals surface area contributed by atoms with Crippen LogP contribution in [0, 0.1) is 0 Å². The zero-order valence-corrected chi connectivity index (χ0v) is 26.3. The molecule has 4 heteroatoms. The third-order valence-electron chi connectivity index (χ3n) is 9.47. The molecule has 0 aliphatic heterocycles. The van der Waals surface area contributed by atoms with Gasteiger partial charge in [-0.1, -0.05) is 133 Å². The predicted octanol–water partition coefficient (Wildman–Crippen LogP) is 11.9. The molecule has 0 bridgehead atoms. The first kappa shape index (κ1) is 27.5. The average Bonchev–Trinajstić information content (AvgIpc) is 3.56. The highest BCUT2D eigenvalue weighted by molar-refractivity contribution is 6.26. The minimum atomic E-state index is 0.636. The van der Waals surface area contributed by atoms with Gasteiger partial charge >= 0.3 is 0 Å². The van der Waals surface area contributed by atoms with E-state index in [1.54, 1.807) is 0 Å². The number of benzene rings is 8. The maximum absolute atomic E-state index is 6.27. The van der Waals surface area contributed by atoms with Gasteiger partial charge < -0.3 is 4.42 Å². The van der Waals surface area contributed by atoms with Gasteiger partial charge in [0, 0.05) is 32.8 Å². The molecule has 8 aromatic carbocycles. The van der Waals surface area contributed by atoms with Gasteiger partial charge in [0.25, 0.3) is 0 Å². The van der Waals surface area contributed by atoms with Crippen molar-refractivity contribution in [3.8, 4) is 45.3 Å². The molecule has 0 N–H and O–H groups in total. The standard InChI is InChI=1S/C45H27N3O/c1-2-10-31(11-3-1)43-46-44(48-45(47-43)36-22-17-28-9-4-5-12-32(28)25-36)35-14-8-13-33(26-35)34-21-19-29-18-20-30-23-24-40-42(41(30)38(29)27-34)37-15-6-7-16-39(37)49-40/h1-27H. The summed E-state index contributed by atoms with van der Waals surface area (Å²) in [5.74, 6) is 1.93. The lowest BCUT2D eigenvalue weighted by atomic mass is 9.94. The summed E-state index contributed by atoms with van der Waals surface area (Å²) in [6, 6.07) is 57.0. The van der Waals surface area contributed by atoms with Crippen molar-refractivity contribution >= 4 is 54.3 Å². The fourth-order valence-corrected chi connectivity index (χ4v) is 7.06. The van der Waals surface area contributed by atoms with E-state index in [1.165, 1.54) is 26.9 Å². The molecule has 0 aliphatic rings. The van der Waals surface area contributed by atoms with Crippen LogP contribution in [0.1, 0.15) is 0 Å². The van der Waals surface area contributed by atoms with E-state index in [2.05, 4.69) is 121 Å². The first-order chi connectivity index (χ1) is 24.2. The van der Waals surface area contributed by atoms with Crippen molar-refractivity contribution in [2.45, 2.75) is 0 Å². The predicted molar refractivity (Wildman–Crippen MR) is 201 cm³/mol. The monoisotopic (exact) mass is 625 g/mol. The molecule has 0 amide bonds. The van der Waals surface area contributed by atoms with Crippen LogP contribution >= 0.6 is 0 Å². The van der Waals surface area contributed by atoms with Crippen LogP contribution in [0.4, 0.5) is 0 Å². The fourth-order valence-electron chi connectivity index (χ4n) is 7.06. The Morgan fingerprint density at radius 1 is 0.306 bits per heavy atom. The number of fused-ring (bicyclic) bond motifs is 8. The lowest BCUT2D eigenvalue weighted by Crippen LogP contribution is -2.00. The van der Waals surface area contributed by atoms with Crippen LogP contribution in [0.25, 0.3) is 99.5 Å². The zero-order chi connectivity index (χ0) is 32.3. The average molecular weight is 626 g/mol. The first-order valence-electron chi connectivity index (χ1n) is 16.4. The lowest BCUT2D eigenvalue weighted by Gasteiger charge is -2.11. The van der Waals surface area contributed by atoms with Crippen LogP contribution in [0.15, 0.2) is 168 Å². The Bertz CT molecular complexity index is 2890. The van der Waals surface area contributed by atoms with Crippen LogP contribution in [0.2, 0.25) is 0 Å². The zero-order valence-electron chi connectivity index (χ0n) is 26.3. The summed E-state index contributed by atoms with van der Waals surface area (Å²) in [4.78, 5) is 15.0. The highest BCUT2D eigenvalue weighted by Crippen LogP contribution is 2.39. The molecule has 2 aromatic heterocycles. The largest absolute Gasteiger partial charge is 0.456 e. The third kappa shape index (κ3) is 4.65. The fraction of sp³-hybridized carbons (Fsp3) is 0. The molecule has 0 fully saturated rings. The molecular weight excluding hydrogens is 599 g/mol. The SMILES string of the molecule is c1ccc(-c2nc(-c3cccc(-c4ccc5ccc6ccc7oc8ccccc8c7c6c5c4)c3)nc(-c3ccc4ccccc4c3)n2)cc1. The van der Waals surface area contributed by atoms with Crippen LogP contribution in [-0.4, -0.2) is 15.0 Å². The van der Waals surface area contributed by atoms with Crippen molar-refractivity contribution in [3.05, 3.63) is 164 Å². The lowest BCUT2D eigenvalue weighted by molar-refractivity contribution is 0.669. The molecule has 0 unspecified atom stereocenters. The molecular formula is C45H27N3O. The van der Waals surface area contributed by atoms with Gasteiger partial charge in [-0.3, -0.25) is 0 Å². The number of hydrogen-bond donors (Lipinski definition) is 0. The second-order valence-electron chi connectivity index (χ2n) is 12.5. The Labute approximate surface area is 282 Å². The van der Waals surface area contributed by atoms with Crippen molar-refractivity contribution in [1.29, 1.82) is 0 Å². The summed E-state index contributed by atoms with van der Waals surface area (Å²) in [6.07, 6.45) is 0. The van der Waals surface area contributed by atoms with Crippen molar-refractivity contribution < 1.29 is 4.42 Å². The normalized spacial score (nSPS) is 11.7. The van der Waals surface area contributed by atoms with E-state index in [1.807, 2.05) is 42.5 Å². The van der Waals surface area contributed by atoms with Crippen molar-refractivity contribution in [2.75, 3.05) is 0 Å². The number of furan rings is 1. The first-order valence-corrected chi connectivity index (χ1v) is 16.4. The Kier molecular flexibility index (Phi) is 6.15. The minimum Gasteiger partial charge on any atom is -0.456 e. The molecule has 0 spiro atoms. The molecule has 0 saturated heterocycles. The van der Waals surface area contributed by atoms with Gasteiger partial charge in [0.05, 0.1) is 0 Å². The second-order valence-corrected chi connectivity index (χ2v) is 12.5. The molecule has 0 aliphatic carbocycles.